The fourth-order valence-corrected chi connectivity index (χ4v) is 2.09. The van der Waals surface area contributed by atoms with Gasteiger partial charge in [0.2, 0.25) is 0 Å². The molecule has 0 spiro atoms. The molecular formula is C20H21F5N6. The zero-order chi connectivity index (χ0) is 24.0. The molecule has 0 unspecified atom stereocenters. The number of allylic oxidation sites excluding steroid dienone is 5. The molecule has 1 aromatic rings. The molecule has 0 amide bonds. The van der Waals surface area contributed by atoms with Crippen LogP contribution in [0.25, 0.3) is 0 Å². The summed E-state index contributed by atoms with van der Waals surface area (Å²) in [6, 6.07) is 3.38. The number of nitrogens with two attached hydrogens (primary N) is 1. The van der Waals surface area contributed by atoms with Crippen molar-refractivity contribution < 1.29 is 22.0 Å². The summed E-state index contributed by atoms with van der Waals surface area (Å²) in [4.78, 5) is 3.54. The van der Waals surface area contributed by atoms with Crippen molar-refractivity contribution in [2.45, 2.75) is 25.9 Å². The lowest BCUT2D eigenvalue weighted by atomic mass is 9.82. The summed E-state index contributed by atoms with van der Waals surface area (Å²) in [6.45, 7) is 5.74. The largest absolute Gasteiger partial charge is 0.455 e. The summed E-state index contributed by atoms with van der Waals surface area (Å²) in [5.74, 6) is -4.84. The molecule has 5 N–H and O–H groups in total. The zero-order valence-electron chi connectivity index (χ0n) is 16.7. The van der Waals surface area contributed by atoms with Gasteiger partial charge in [0.25, 0.3) is 0 Å². The highest BCUT2D eigenvalue weighted by Crippen LogP contribution is 2.35. The Bertz CT molecular complexity index is 967. The number of anilines is 2. The van der Waals surface area contributed by atoms with Crippen molar-refractivity contribution in [1.29, 1.82) is 16.1 Å². The van der Waals surface area contributed by atoms with Crippen molar-refractivity contribution >= 4 is 23.4 Å². The molecule has 0 atom stereocenters. The van der Waals surface area contributed by atoms with E-state index < -0.39 is 24.1 Å². The minimum Gasteiger partial charge on any atom is -0.384 e. The maximum atomic E-state index is 12.6. The average molecular weight is 440 g/mol. The Morgan fingerprint density at radius 2 is 1.87 bits per heavy atom. The molecule has 0 saturated heterocycles. The summed E-state index contributed by atoms with van der Waals surface area (Å²) in [5.41, 5.74) is 6.66. The van der Waals surface area contributed by atoms with Crippen LogP contribution in [-0.2, 0) is 0 Å². The van der Waals surface area contributed by atoms with Crippen molar-refractivity contribution in [2.24, 2.45) is 5.41 Å². The van der Waals surface area contributed by atoms with Gasteiger partial charge < -0.3 is 21.9 Å². The van der Waals surface area contributed by atoms with Gasteiger partial charge in [-0.15, -0.1) is 0 Å². The first-order valence-electron chi connectivity index (χ1n) is 8.68. The molecule has 2 rings (SSSR count). The third-order valence-corrected chi connectivity index (χ3v) is 4.14. The standard InChI is InChI=1S/C11H12N2.C9H9F5N4/c1-8-4-5-9(6-10(8)13)11(2,3)7-12;10-8(11,9(12,13)14)4-18-6-3-17-7(16)1-5(6)2-15/h4-6,13H,1H2,2-3H3;1-3,15,18H,4H2,(H2,16,17). The second-order valence-corrected chi connectivity index (χ2v) is 7.01. The third-order valence-electron chi connectivity index (χ3n) is 4.14. The van der Waals surface area contributed by atoms with E-state index in [0.29, 0.717) is 11.3 Å². The van der Waals surface area contributed by atoms with E-state index in [2.05, 4.69) is 17.6 Å². The SMILES string of the molecule is C=C1C=CC(C(C)(C)C#N)=CC1=N.N=Cc1cc(N)ncc1NCC(F)(F)C(F)(F)F. The number of halogens is 5. The van der Waals surface area contributed by atoms with Gasteiger partial charge in [0.15, 0.2) is 0 Å². The molecule has 0 saturated carbocycles. The number of nitriles is 1. The Balaban J connectivity index is 0.000000327. The van der Waals surface area contributed by atoms with E-state index in [-0.39, 0.29) is 17.1 Å². The number of aromatic nitrogens is 1. The zero-order valence-corrected chi connectivity index (χ0v) is 16.7. The molecule has 6 nitrogen and oxygen atoms in total. The highest BCUT2D eigenvalue weighted by Gasteiger charge is 2.57. The van der Waals surface area contributed by atoms with Crippen LogP contribution in [0.2, 0.25) is 0 Å². The minimum atomic E-state index is -5.63. The number of alkyl halides is 5. The summed E-state index contributed by atoms with van der Waals surface area (Å²) in [5, 5.41) is 25.3. The summed E-state index contributed by atoms with van der Waals surface area (Å²) in [6.07, 6.45) is 1.45. The summed E-state index contributed by atoms with van der Waals surface area (Å²) < 4.78 is 61.0. The Hall–Kier alpha value is -3.55. The van der Waals surface area contributed by atoms with E-state index in [1.165, 1.54) is 6.07 Å². The monoisotopic (exact) mass is 440 g/mol. The van der Waals surface area contributed by atoms with Gasteiger partial charge in [-0.1, -0.05) is 18.7 Å². The summed E-state index contributed by atoms with van der Waals surface area (Å²) >= 11 is 0. The molecule has 0 bridgehead atoms. The van der Waals surface area contributed by atoms with Crippen LogP contribution in [0.3, 0.4) is 0 Å². The van der Waals surface area contributed by atoms with Gasteiger partial charge in [-0.25, -0.2) is 4.98 Å². The smallest absolute Gasteiger partial charge is 0.384 e. The number of nitrogen functional groups attached to an aromatic ring is 1. The predicted octanol–water partition coefficient (Wildman–Crippen LogP) is 4.88. The summed E-state index contributed by atoms with van der Waals surface area (Å²) in [7, 11) is 0. The van der Waals surface area contributed by atoms with Crippen LogP contribution in [0.4, 0.5) is 33.5 Å². The lowest BCUT2D eigenvalue weighted by molar-refractivity contribution is -0.275. The molecule has 31 heavy (non-hydrogen) atoms. The molecular weight excluding hydrogens is 419 g/mol. The van der Waals surface area contributed by atoms with Crippen LogP contribution in [0.1, 0.15) is 19.4 Å². The molecule has 0 aromatic carbocycles. The molecule has 1 aliphatic carbocycles. The van der Waals surface area contributed by atoms with E-state index in [0.717, 1.165) is 18.0 Å². The minimum absolute atomic E-state index is 0.0293. The predicted molar refractivity (Wildman–Crippen MR) is 110 cm³/mol. The topological polar surface area (TPSA) is 122 Å². The highest BCUT2D eigenvalue weighted by molar-refractivity contribution is 6.09. The number of nitrogens with zero attached hydrogens (tertiary/aromatic N) is 2. The Morgan fingerprint density at radius 1 is 1.26 bits per heavy atom. The van der Waals surface area contributed by atoms with E-state index >= 15 is 0 Å². The average Bonchev–Trinajstić information content (AvgIpc) is 2.68. The van der Waals surface area contributed by atoms with E-state index in [4.69, 9.17) is 21.8 Å². The van der Waals surface area contributed by atoms with E-state index in [1.807, 2.05) is 25.2 Å². The molecule has 166 valence electrons. The molecule has 0 fully saturated rings. The Morgan fingerprint density at radius 3 is 2.35 bits per heavy atom. The second-order valence-electron chi connectivity index (χ2n) is 7.01. The first-order chi connectivity index (χ1) is 14.1. The number of nitrogens with one attached hydrogen (secondary N) is 3. The fraction of sp³-hybridized carbons (Fsp3) is 0.300. The van der Waals surface area contributed by atoms with Gasteiger partial charge in [-0.2, -0.15) is 27.2 Å². The first kappa shape index (κ1) is 25.5. The van der Waals surface area contributed by atoms with Crippen LogP contribution >= 0.6 is 0 Å². The van der Waals surface area contributed by atoms with Gasteiger partial charge in [0.1, 0.15) is 5.82 Å². The third kappa shape index (κ3) is 6.74. The van der Waals surface area contributed by atoms with Crippen LogP contribution in [-0.4, -0.2) is 35.6 Å². The Labute approximate surface area is 176 Å². The quantitative estimate of drug-likeness (QED) is 0.385. The molecule has 1 aliphatic rings. The van der Waals surface area contributed by atoms with E-state index in [1.54, 1.807) is 12.2 Å². The van der Waals surface area contributed by atoms with E-state index in [9.17, 15) is 22.0 Å². The lowest BCUT2D eigenvalue weighted by Crippen LogP contribution is -2.42. The molecule has 1 aromatic heterocycles. The van der Waals surface area contributed by atoms with Gasteiger partial charge in [0.05, 0.1) is 35.6 Å². The normalized spacial score (nSPS) is 14.2. The molecule has 0 radical (unpaired) electrons. The molecule has 1 heterocycles. The maximum absolute atomic E-state index is 12.6. The van der Waals surface area contributed by atoms with Crippen LogP contribution in [0, 0.1) is 27.6 Å². The first-order valence-corrected chi connectivity index (χ1v) is 8.68. The molecule has 11 heteroatoms. The maximum Gasteiger partial charge on any atom is 0.455 e. The fourth-order valence-electron chi connectivity index (χ4n) is 2.09. The van der Waals surface area contributed by atoms with Gasteiger partial charge in [-0.05, 0) is 37.1 Å². The van der Waals surface area contributed by atoms with Gasteiger partial charge in [0, 0.05) is 11.8 Å². The van der Waals surface area contributed by atoms with Gasteiger partial charge >= 0.3 is 12.1 Å². The molecule has 0 aliphatic heterocycles. The van der Waals surface area contributed by atoms with Crippen LogP contribution < -0.4 is 11.1 Å². The highest BCUT2D eigenvalue weighted by atomic mass is 19.4. The van der Waals surface area contributed by atoms with Crippen molar-refractivity contribution in [3.63, 3.8) is 0 Å². The Kier molecular flexibility index (Phi) is 7.82. The lowest BCUT2D eigenvalue weighted by Gasteiger charge is -2.20. The van der Waals surface area contributed by atoms with Crippen molar-refractivity contribution in [2.75, 3.05) is 17.6 Å². The number of hydrogen-bond acceptors (Lipinski definition) is 6. The number of hydrogen-bond donors (Lipinski definition) is 4. The second kappa shape index (κ2) is 9.51. The van der Waals surface area contributed by atoms with Gasteiger partial charge in [-0.3, -0.25) is 0 Å². The van der Waals surface area contributed by atoms with Crippen LogP contribution in [0.15, 0.2) is 48.2 Å². The van der Waals surface area contributed by atoms with Crippen LogP contribution in [0.5, 0.6) is 0 Å². The number of rotatable bonds is 5. The number of pyridine rings is 1. The van der Waals surface area contributed by atoms with Crippen molar-refractivity contribution in [1.82, 2.24) is 4.98 Å². The van der Waals surface area contributed by atoms with Crippen molar-refractivity contribution in [3.05, 3.63) is 53.8 Å². The van der Waals surface area contributed by atoms with Crippen molar-refractivity contribution in [3.8, 4) is 6.07 Å².